The first-order valence-corrected chi connectivity index (χ1v) is 7.76. The molecule has 0 radical (unpaired) electrons. The monoisotopic (exact) mass is 327 g/mol. The van der Waals surface area contributed by atoms with E-state index in [0.717, 1.165) is 0 Å². The van der Waals surface area contributed by atoms with Crippen LogP contribution in [0.1, 0.15) is 0 Å². The highest BCUT2D eigenvalue weighted by molar-refractivity contribution is 7.89. The fourth-order valence-electron chi connectivity index (χ4n) is 1.76. The second-order valence-electron chi connectivity index (χ2n) is 4.31. The summed E-state index contributed by atoms with van der Waals surface area (Å²) in [5, 5.41) is 8.60. The van der Waals surface area contributed by atoms with Crippen molar-refractivity contribution in [2.24, 2.45) is 5.14 Å². The fourth-order valence-corrected chi connectivity index (χ4v) is 2.55. The number of anilines is 3. The van der Waals surface area contributed by atoms with Crippen LogP contribution in [0.15, 0.2) is 41.3 Å². The molecule has 0 fully saturated rings. The number of nitrogens with one attached hydrogen (secondary N) is 1. The van der Waals surface area contributed by atoms with Gasteiger partial charge < -0.3 is 15.8 Å². The van der Waals surface area contributed by atoms with Crippen molar-refractivity contribution in [1.82, 2.24) is 0 Å². The fraction of sp³-hybridized carbons (Fsp3) is 0.0769. The molecule has 112 valence electrons. The maximum atomic E-state index is 11.4. The number of nitrogens with two attached hydrogens (primary N) is 2. The van der Waals surface area contributed by atoms with Gasteiger partial charge >= 0.3 is 0 Å². The highest BCUT2D eigenvalue weighted by Crippen LogP contribution is 2.30. The van der Waals surface area contributed by atoms with Gasteiger partial charge in [-0.15, -0.1) is 0 Å². The van der Waals surface area contributed by atoms with E-state index in [1.807, 2.05) is 0 Å². The van der Waals surface area contributed by atoms with E-state index in [2.05, 4.69) is 5.32 Å². The Bertz CT molecular complexity index is 778. The lowest BCUT2D eigenvalue weighted by molar-refractivity contribution is 0.415. The van der Waals surface area contributed by atoms with Gasteiger partial charge in [-0.05, 0) is 30.3 Å². The van der Waals surface area contributed by atoms with Gasteiger partial charge in [0, 0.05) is 23.1 Å². The molecule has 0 heterocycles. The third-order valence-electron chi connectivity index (χ3n) is 2.70. The van der Waals surface area contributed by atoms with E-state index < -0.39 is 10.0 Å². The third kappa shape index (κ3) is 3.78. The van der Waals surface area contributed by atoms with Crippen LogP contribution in [0.5, 0.6) is 5.75 Å². The molecule has 2 aromatic rings. The predicted octanol–water partition coefficient (Wildman–Crippen LogP) is 2.32. The van der Waals surface area contributed by atoms with Gasteiger partial charge in [-0.1, -0.05) is 11.6 Å². The van der Waals surface area contributed by atoms with Crippen molar-refractivity contribution in [2.75, 3.05) is 18.2 Å². The van der Waals surface area contributed by atoms with Gasteiger partial charge in [0.2, 0.25) is 10.0 Å². The predicted molar refractivity (Wildman–Crippen MR) is 83.5 cm³/mol. The molecule has 0 aliphatic carbocycles. The standard InChI is InChI=1S/C13H14ClN3O3S/c1-20-13-7-9(2-3-12(13)14)17-10-4-8(15)5-11(6-10)21(16,18)19/h2-7,17H,15H2,1H3,(H2,16,18,19). The van der Waals surface area contributed by atoms with Gasteiger partial charge in [0.1, 0.15) is 5.75 Å². The SMILES string of the molecule is COc1cc(Nc2cc(N)cc(S(N)(=O)=O)c2)ccc1Cl. The van der Waals surface area contributed by atoms with E-state index in [1.165, 1.54) is 19.2 Å². The van der Waals surface area contributed by atoms with Crippen LogP contribution in [0, 0.1) is 0 Å². The van der Waals surface area contributed by atoms with E-state index in [4.69, 9.17) is 27.2 Å². The lowest BCUT2D eigenvalue weighted by Crippen LogP contribution is -2.12. The second kappa shape index (κ2) is 5.80. The Kier molecular flexibility index (Phi) is 4.26. The summed E-state index contributed by atoms with van der Waals surface area (Å²) in [5.41, 5.74) is 7.12. The number of methoxy groups -OCH3 is 1. The minimum absolute atomic E-state index is 0.0640. The van der Waals surface area contributed by atoms with Crippen molar-refractivity contribution in [3.8, 4) is 5.75 Å². The van der Waals surface area contributed by atoms with Gasteiger partial charge in [0.25, 0.3) is 0 Å². The van der Waals surface area contributed by atoms with Crippen LogP contribution < -0.4 is 20.9 Å². The number of benzene rings is 2. The van der Waals surface area contributed by atoms with Crippen LogP contribution in [0.3, 0.4) is 0 Å². The number of nitrogen functional groups attached to an aromatic ring is 1. The molecule has 0 saturated heterocycles. The molecule has 0 aliphatic rings. The lowest BCUT2D eigenvalue weighted by Gasteiger charge is -2.11. The lowest BCUT2D eigenvalue weighted by atomic mass is 10.2. The smallest absolute Gasteiger partial charge is 0.238 e. The van der Waals surface area contributed by atoms with E-state index in [0.29, 0.717) is 22.1 Å². The third-order valence-corrected chi connectivity index (χ3v) is 3.90. The van der Waals surface area contributed by atoms with E-state index in [9.17, 15) is 8.42 Å². The Balaban J connectivity index is 2.38. The summed E-state index contributed by atoms with van der Waals surface area (Å²) in [7, 11) is -2.32. The van der Waals surface area contributed by atoms with Crippen molar-refractivity contribution >= 4 is 38.7 Å². The minimum atomic E-state index is -3.83. The first-order valence-electron chi connectivity index (χ1n) is 5.83. The number of rotatable bonds is 4. The number of primary sulfonamides is 1. The molecule has 2 rings (SSSR count). The van der Waals surface area contributed by atoms with Crippen LogP contribution in [0.25, 0.3) is 0 Å². The Labute approximate surface area is 127 Å². The maximum absolute atomic E-state index is 11.4. The quantitative estimate of drug-likeness (QED) is 0.747. The van der Waals surface area contributed by atoms with Crippen molar-refractivity contribution in [2.45, 2.75) is 4.90 Å². The van der Waals surface area contributed by atoms with Crippen molar-refractivity contribution in [3.05, 3.63) is 41.4 Å². The second-order valence-corrected chi connectivity index (χ2v) is 6.28. The number of hydrogen-bond donors (Lipinski definition) is 3. The van der Waals surface area contributed by atoms with Crippen molar-refractivity contribution in [3.63, 3.8) is 0 Å². The molecule has 0 bridgehead atoms. The van der Waals surface area contributed by atoms with Crippen LogP contribution in [-0.4, -0.2) is 15.5 Å². The average molecular weight is 328 g/mol. The van der Waals surface area contributed by atoms with Gasteiger partial charge in [0.05, 0.1) is 17.0 Å². The minimum Gasteiger partial charge on any atom is -0.495 e. The van der Waals surface area contributed by atoms with Gasteiger partial charge in [-0.25, -0.2) is 13.6 Å². The molecular weight excluding hydrogens is 314 g/mol. The Morgan fingerprint density at radius 1 is 1.14 bits per heavy atom. The number of halogens is 1. The van der Waals surface area contributed by atoms with E-state index >= 15 is 0 Å². The largest absolute Gasteiger partial charge is 0.495 e. The highest BCUT2D eigenvalue weighted by Gasteiger charge is 2.10. The molecule has 0 unspecified atom stereocenters. The van der Waals surface area contributed by atoms with Crippen LogP contribution in [0.4, 0.5) is 17.1 Å². The molecule has 6 nitrogen and oxygen atoms in total. The highest BCUT2D eigenvalue weighted by atomic mass is 35.5. The number of sulfonamides is 1. The van der Waals surface area contributed by atoms with E-state index in [-0.39, 0.29) is 10.6 Å². The molecule has 0 atom stereocenters. The van der Waals surface area contributed by atoms with E-state index in [1.54, 1.807) is 24.3 Å². The van der Waals surface area contributed by atoms with Gasteiger partial charge in [-0.2, -0.15) is 0 Å². The summed E-state index contributed by atoms with van der Waals surface area (Å²) in [4.78, 5) is -0.0640. The molecule has 0 aliphatic heterocycles. The molecule has 2 aromatic carbocycles. The average Bonchev–Trinajstić information content (AvgIpc) is 2.39. The molecule has 8 heteroatoms. The molecule has 0 saturated carbocycles. The number of hydrogen-bond acceptors (Lipinski definition) is 5. The summed E-state index contributed by atoms with van der Waals surface area (Å²) in [6.45, 7) is 0. The molecular formula is C13H14ClN3O3S. The molecule has 21 heavy (non-hydrogen) atoms. The summed E-state index contributed by atoms with van der Waals surface area (Å²) in [5.74, 6) is 0.497. The van der Waals surface area contributed by atoms with Gasteiger partial charge in [0.15, 0.2) is 0 Å². The Morgan fingerprint density at radius 3 is 2.48 bits per heavy atom. The first-order chi connectivity index (χ1) is 9.79. The molecule has 5 N–H and O–H groups in total. The zero-order valence-electron chi connectivity index (χ0n) is 11.1. The zero-order valence-corrected chi connectivity index (χ0v) is 12.7. The Morgan fingerprint density at radius 2 is 1.86 bits per heavy atom. The summed E-state index contributed by atoms with van der Waals surface area (Å²) in [6, 6.07) is 9.36. The molecule has 0 aromatic heterocycles. The summed E-state index contributed by atoms with van der Waals surface area (Å²) in [6.07, 6.45) is 0. The maximum Gasteiger partial charge on any atom is 0.238 e. The summed E-state index contributed by atoms with van der Waals surface area (Å²) < 4.78 is 27.9. The normalized spacial score (nSPS) is 11.2. The van der Waals surface area contributed by atoms with Crippen LogP contribution in [0.2, 0.25) is 5.02 Å². The van der Waals surface area contributed by atoms with Crippen molar-refractivity contribution < 1.29 is 13.2 Å². The molecule has 0 spiro atoms. The first kappa shape index (κ1) is 15.4. The topological polar surface area (TPSA) is 107 Å². The van der Waals surface area contributed by atoms with Gasteiger partial charge in [-0.3, -0.25) is 0 Å². The van der Waals surface area contributed by atoms with Crippen molar-refractivity contribution in [1.29, 1.82) is 0 Å². The zero-order chi connectivity index (χ0) is 15.6. The summed E-state index contributed by atoms with van der Waals surface area (Å²) >= 11 is 5.94. The number of ether oxygens (including phenoxy) is 1. The van der Waals surface area contributed by atoms with Crippen LogP contribution >= 0.6 is 11.6 Å². The van der Waals surface area contributed by atoms with Crippen LogP contribution in [-0.2, 0) is 10.0 Å². The Hall–Kier alpha value is -1.96. The molecule has 0 amide bonds.